The van der Waals surface area contributed by atoms with Crippen LogP contribution in [0.2, 0.25) is 0 Å². The van der Waals surface area contributed by atoms with Crippen molar-refractivity contribution in [2.24, 2.45) is 5.73 Å². The molecule has 0 saturated heterocycles. The highest BCUT2D eigenvalue weighted by atomic mass is 19.4. The maximum Gasteiger partial charge on any atom is 0.416 e. The van der Waals surface area contributed by atoms with E-state index in [1.54, 1.807) is 13.8 Å². The van der Waals surface area contributed by atoms with Gasteiger partial charge in [0.05, 0.1) is 34.9 Å². The molecule has 5 rings (SSSR count). The number of hydrogen-bond donors (Lipinski definition) is 8. The zero-order valence-electron chi connectivity index (χ0n) is 32.6. The van der Waals surface area contributed by atoms with Gasteiger partial charge in [0.25, 0.3) is 23.6 Å². The van der Waals surface area contributed by atoms with E-state index < -0.39 is 77.5 Å². The number of carbonyl (C=O) groups is 7. The lowest BCUT2D eigenvalue weighted by molar-refractivity contribution is -0.137. The fourth-order valence-corrected chi connectivity index (χ4v) is 5.60. The second kappa shape index (κ2) is 19.2. The number of aromatic carboxylic acids is 1. The molecular weight excluding hydrogens is 817 g/mol. The van der Waals surface area contributed by atoms with Crippen LogP contribution in [0, 0.1) is 0 Å². The molecule has 0 fully saturated rings. The molecule has 0 aliphatic heterocycles. The van der Waals surface area contributed by atoms with Crippen molar-refractivity contribution in [3.05, 3.63) is 143 Å². The molecule has 62 heavy (non-hydrogen) atoms. The van der Waals surface area contributed by atoms with Gasteiger partial charge in [-0.2, -0.15) is 13.2 Å². The first-order valence-electron chi connectivity index (χ1n) is 18.4. The molecule has 1 atom stereocenters. The number of rotatable bonds is 15. The number of primary amides is 1. The minimum Gasteiger partial charge on any atom is -0.504 e. The van der Waals surface area contributed by atoms with Gasteiger partial charge in [0, 0.05) is 33.8 Å². The van der Waals surface area contributed by atoms with Gasteiger partial charge < -0.3 is 47.3 Å². The molecular formula is C43H37F3N6O10. The van der Waals surface area contributed by atoms with Crippen molar-refractivity contribution in [2.45, 2.75) is 38.6 Å². The number of carboxylic acids is 1. The largest absolute Gasteiger partial charge is 0.504 e. The minimum absolute atomic E-state index is 0.00755. The third-order valence-electron chi connectivity index (χ3n) is 8.69. The fraction of sp³-hybridized carbons (Fsp3) is 0.140. The summed E-state index contributed by atoms with van der Waals surface area (Å²) in [7, 11) is 0. The summed E-state index contributed by atoms with van der Waals surface area (Å²) in [6, 6.07) is 20.8. The molecule has 5 aromatic carbocycles. The number of phenols is 1. The average molecular weight is 855 g/mol. The van der Waals surface area contributed by atoms with Gasteiger partial charge in [0.1, 0.15) is 6.04 Å². The third kappa shape index (κ3) is 11.7. The van der Waals surface area contributed by atoms with Crippen LogP contribution < -0.4 is 37.1 Å². The fourth-order valence-electron chi connectivity index (χ4n) is 5.60. The summed E-state index contributed by atoms with van der Waals surface area (Å²) in [5.41, 5.74) is 4.95. The second-order valence-corrected chi connectivity index (χ2v) is 13.7. The molecule has 0 aliphatic carbocycles. The van der Waals surface area contributed by atoms with E-state index >= 15 is 0 Å². The molecule has 19 heteroatoms. The van der Waals surface area contributed by atoms with Crippen molar-refractivity contribution < 1.29 is 61.7 Å². The Morgan fingerprint density at radius 3 is 1.55 bits per heavy atom. The molecule has 1 unspecified atom stereocenters. The van der Waals surface area contributed by atoms with E-state index in [9.17, 15) is 51.8 Å². The van der Waals surface area contributed by atoms with Crippen LogP contribution in [0.25, 0.3) is 0 Å². The lowest BCUT2D eigenvalue weighted by atomic mass is 10.1. The molecule has 0 aromatic heterocycles. The van der Waals surface area contributed by atoms with E-state index in [-0.39, 0.29) is 56.3 Å². The smallest absolute Gasteiger partial charge is 0.416 e. The van der Waals surface area contributed by atoms with Crippen LogP contribution in [-0.4, -0.2) is 63.8 Å². The number of anilines is 4. The predicted molar refractivity (Wildman–Crippen MR) is 219 cm³/mol. The number of hydrogen-bond acceptors (Lipinski definition) is 9. The summed E-state index contributed by atoms with van der Waals surface area (Å²) in [6.45, 7) is 3.32. The topological polar surface area (TPSA) is 255 Å². The van der Waals surface area contributed by atoms with Crippen molar-refractivity contribution in [3.8, 4) is 11.5 Å². The van der Waals surface area contributed by atoms with E-state index in [4.69, 9.17) is 15.6 Å². The van der Waals surface area contributed by atoms with E-state index in [1.165, 1.54) is 84.9 Å². The monoisotopic (exact) mass is 854 g/mol. The van der Waals surface area contributed by atoms with Gasteiger partial charge in [-0.3, -0.25) is 28.8 Å². The maximum atomic E-state index is 13.3. The summed E-state index contributed by atoms with van der Waals surface area (Å²) < 4.78 is 44.3. The van der Waals surface area contributed by atoms with Gasteiger partial charge in [-0.15, -0.1) is 0 Å². The highest BCUT2D eigenvalue weighted by molar-refractivity contribution is 6.10. The molecule has 6 amide bonds. The summed E-state index contributed by atoms with van der Waals surface area (Å²) in [5, 5.41) is 32.8. The summed E-state index contributed by atoms with van der Waals surface area (Å²) in [5.74, 6) is -6.57. The number of benzene rings is 5. The Morgan fingerprint density at radius 1 is 0.613 bits per heavy atom. The molecule has 5 aromatic rings. The number of amides is 6. The average Bonchev–Trinajstić information content (AvgIpc) is 3.22. The SMILES string of the molecule is CC(C)Oc1c(NC(=O)c2ccc(NC(=O)C(CC(N)=O)NC(=O)c3ccc(NC(=O)c4ccc(C(F)(F)F)cc4)cc3)cc2)ccc(C(=O)Nc2ccc(C(=O)O)cc2)c1O. The first kappa shape index (κ1) is 44.9. The van der Waals surface area contributed by atoms with Crippen LogP contribution in [0.3, 0.4) is 0 Å². The van der Waals surface area contributed by atoms with Crippen LogP contribution in [0.4, 0.5) is 35.9 Å². The molecule has 0 saturated carbocycles. The Hall–Kier alpha value is -8.22. The highest BCUT2D eigenvalue weighted by Crippen LogP contribution is 2.39. The summed E-state index contributed by atoms with van der Waals surface area (Å²) in [4.78, 5) is 88.1. The first-order chi connectivity index (χ1) is 29.3. The Bertz CT molecular complexity index is 2510. The number of carbonyl (C=O) groups excluding carboxylic acids is 6. The van der Waals surface area contributed by atoms with E-state index in [0.717, 1.165) is 24.3 Å². The number of halogens is 3. The van der Waals surface area contributed by atoms with Gasteiger partial charge in [-0.1, -0.05) is 0 Å². The standard InChI is InChI=1S/C43H37F3N6O10/c1-22(2)62-36-32(20-19-31(35(36)54)40(58)49-29-17-9-26(10-18-29)42(60)61)51-38(56)24-7-15-30(16-8-24)50-41(59)33(21-34(47)53)52-39(57)25-5-13-28(14-6-25)48-37(55)23-3-11-27(12-4-23)43(44,45)46/h3-20,22,33,54H,21H2,1-2H3,(H2,47,53)(H,48,55)(H,49,58)(H,50,59)(H,51,56)(H,52,57)(H,60,61). The van der Waals surface area contributed by atoms with Crippen molar-refractivity contribution in [1.82, 2.24) is 5.32 Å². The number of alkyl halides is 3. The van der Waals surface area contributed by atoms with Crippen LogP contribution in [0.15, 0.2) is 109 Å². The van der Waals surface area contributed by atoms with Crippen molar-refractivity contribution >= 4 is 64.2 Å². The van der Waals surface area contributed by atoms with E-state index in [1.807, 2.05) is 0 Å². The van der Waals surface area contributed by atoms with E-state index in [2.05, 4.69) is 26.6 Å². The number of phenolic OH excluding ortho intramolecular Hbond substituents is 1. The first-order valence-corrected chi connectivity index (χ1v) is 18.4. The highest BCUT2D eigenvalue weighted by Gasteiger charge is 2.30. The van der Waals surface area contributed by atoms with Gasteiger partial charge >= 0.3 is 12.1 Å². The Balaban J connectivity index is 1.21. The zero-order chi connectivity index (χ0) is 45.3. The molecule has 0 spiro atoms. The van der Waals surface area contributed by atoms with Crippen molar-refractivity contribution in [2.75, 3.05) is 21.3 Å². The van der Waals surface area contributed by atoms with Gasteiger partial charge in [-0.25, -0.2) is 4.79 Å². The normalized spacial score (nSPS) is 11.5. The second-order valence-electron chi connectivity index (χ2n) is 13.7. The number of carboxylic acid groups (broad SMARTS) is 1. The minimum atomic E-state index is -4.57. The lowest BCUT2D eigenvalue weighted by Crippen LogP contribution is -2.46. The van der Waals surface area contributed by atoms with Crippen LogP contribution in [-0.2, 0) is 15.8 Å². The quantitative estimate of drug-likeness (QED) is 0.0586. The Morgan fingerprint density at radius 2 is 1.06 bits per heavy atom. The number of nitrogens with two attached hydrogens (primary N) is 1. The van der Waals surface area contributed by atoms with Gasteiger partial charge in [0.2, 0.25) is 11.8 Å². The molecule has 0 bridgehead atoms. The van der Waals surface area contributed by atoms with Crippen molar-refractivity contribution in [1.29, 1.82) is 0 Å². The zero-order valence-corrected chi connectivity index (χ0v) is 32.6. The summed E-state index contributed by atoms with van der Waals surface area (Å²) in [6.07, 6.45) is -5.66. The van der Waals surface area contributed by atoms with Crippen molar-refractivity contribution in [3.63, 3.8) is 0 Å². The number of ether oxygens (including phenoxy) is 1. The van der Waals surface area contributed by atoms with Crippen LogP contribution in [0.1, 0.15) is 77.6 Å². The van der Waals surface area contributed by atoms with Gasteiger partial charge in [0.15, 0.2) is 11.5 Å². The molecule has 9 N–H and O–H groups in total. The number of aromatic hydroxyl groups is 1. The maximum absolute atomic E-state index is 13.3. The Labute approximate surface area is 350 Å². The van der Waals surface area contributed by atoms with Gasteiger partial charge in [-0.05, 0) is 123 Å². The third-order valence-corrected chi connectivity index (χ3v) is 8.69. The van der Waals surface area contributed by atoms with Crippen LogP contribution >= 0.6 is 0 Å². The predicted octanol–water partition coefficient (Wildman–Crippen LogP) is 6.27. The van der Waals surface area contributed by atoms with Crippen LogP contribution in [0.5, 0.6) is 11.5 Å². The molecule has 0 heterocycles. The molecule has 320 valence electrons. The molecule has 0 aliphatic rings. The molecule has 0 radical (unpaired) electrons. The van der Waals surface area contributed by atoms with E-state index in [0.29, 0.717) is 0 Å². The summed E-state index contributed by atoms with van der Waals surface area (Å²) >= 11 is 0. The molecule has 16 nitrogen and oxygen atoms in total. The number of nitrogens with one attached hydrogen (secondary N) is 5. The Kier molecular flexibility index (Phi) is 13.9. The lowest BCUT2D eigenvalue weighted by Gasteiger charge is -2.19.